The Bertz CT molecular complexity index is 1130. The minimum absolute atomic E-state index is 0.0456. The number of pyridine rings is 1. The lowest BCUT2D eigenvalue weighted by Crippen LogP contribution is -2.17. The van der Waals surface area contributed by atoms with Crippen molar-refractivity contribution >= 4 is 29.5 Å². The van der Waals surface area contributed by atoms with E-state index < -0.39 is 24.1 Å². The van der Waals surface area contributed by atoms with Crippen LogP contribution in [0.25, 0.3) is 5.82 Å². The fourth-order valence-electron chi connectivity index (χ4n) is 2.86. The lowest BCUT2D eigenvalue weighted by molar-refractivity contribution is -0.153. The monoisotopic (exact) mass is 472 g/mol. The highest BCUT2D eigenvalue weighted by atomic mass is 35.5. The molecule has 0 aromatic carbocycles. The lowest BCUT2D eigenvalue weighted by atomic mass is 10.3. The molecule has 1 fully saturated rings. The molecule has 1 amide bonds. The van der Waals surface area contributed by atoms with Gasteiger partial charge in [0.1, 0.15) is 11.3 Å². The number of alkyl halides is 3. The molecule has 3 heterocycles. The molecule has 2 atom stereocenters. The molecule has 0 aliphatic heterocycles. The molecule has 1 aliphatic rings. The van der Waals surface area contributed by atoms with Crippen LogP contribution < -0.4 is 9.46 Å². The van der Waals surface area contributed by atoms with Crippen LogP contribution >= 0.6 is 23.5 Å². The van der Waals surface area contributed by atoms with Gasteiger partial charge in [-0.2, -0.15) is 18.3 Å². The Morgan fingerprint density at radius 3 is 2.71 bits per heavy atom. The summed E-state index contributed by atoms with van der Waals surface area (Å²) in [7, 11) is 1.78. The summed E-state index contributed by atoms with van der Waals surface area (Å²) in [6, 6.07) is 4.45. The number of hydrogen-bond donors (Lipinski definition) is 1. The van der Waals surface area contributed by atoms with E-state index in [1.165, 1.54) is 29.1 Å². The SMILES string of the molecule is Cc1nn(C)cc1SNC(=O)c1ccc(-n2ccc(O[C@@H]3C[C@H]3C(F)(F)F)n2)nc1Cl. The van der Waals surface area contributed by atoms with Gasteiger partial charge in [0, 0.05) is 25.5 Å². The molecule has 0 bridgehead atoms. The summed E-state index contributed by atoms with van der Waals surface area (Å²) in [5.41, 5.74) is 0.936. The number of aromatic nitrogens is 5. The number of rotatable bonds is 6. The third-order valence-corrected chi connectivity index (χ3v) is 5.72. The predicted molar refractivity (Wildman–Crippen MR) is 106 cm³/mol. The molecule has 31 heavy (non-hydrogen) atoms. The zero-order valence-corrected chi connectivity index (χ0v) is 17.8. The smallest absolute Gasteiger partial charge is 0.395 e. The van der Waals surface area contributed by atoms with Crippen LogP contribution in [0.2, 0.25) is 5.15 Å². The summed E-state index contributed by atoms with van der Waals surface area (Å²) in [5.74, 6) is -1.56. The van der Waals surface area contributed by atoms with E-state index in [1.54, 1.807) is 17.9 Å². The fraction of sp³-hybridized carbons (Fsp3) is 0.333. The van der Waals surface area contributed by atoms with Crippen LogP contribution in [-0.2, 0) is 7.05 Å². The van der Waals surface area contributed by atoms with Crippen molar-refractivity contribution in [3.05, 3.63) is 47.0 Å². The highest BCUT2D eigenvalue weighted by Gasteiger charge is 2.57. The Hall–Kier alpha value is -2.73. The van der Waals surface area contributed by atoms with E-state index in [4.69, 9.17) is 16.3 Å². The Morgan fingerprint density at radius 2 is 2.10 bits per heavy atom. The van der Waals surface area contributed by atoms with Crippen LogP contribution in [0, 0.1) is 12.8 Å². The van der Waals surface area contributed by atoms with Crippen LogP contribution in [0.4, 0.5) is 13.2 Å². The van der Waals surface area contributed by atoms with E-state index in [0.717, 1.165) is 22.5 Å². The first kappa shape index (κ1) is 21.5. The molecular weight excluding hydrogens is 457 g/mol. The van der Waals surface area contributed by atoms with E-state index in [1.807, 2.05) is 6.92 Å². The van der Waals surface area contributed by atoms with E-state index in [0.29, 0.717) is 0 Å². The van der Waals surface area contributed by atoms with Gasteiger partial charge in [0.05, 0.1) is 22.1 Å². The molecule has 0 radical (unpaired) electrons. The van der Waals surface area contributed by atoms with Gasteiger partial charge in [0.2, 0.25) is 5.88 Å². The first-order valence-electron chi connectivity index (χ1n) is 9.05. The van der Waals surface area contributed by atoms with Crippen LogP contribution in [-0.4, -0.2) is 42.7 Å². The summed E-state index contributed by atoms with van der Waals surface area (Å²) in [6.07, 6.45) is -2.01. The van der Waals surface area contributed by atoms with Crippen molar-refractivity contribution < 1.29 is 22.7 Å². The fourth-order valence-corrected chi connectivity index (χ4v) is 3.80. The van der Waals surface area contributed by atoms with Gasteiger partial charge in [-0.1, -0.05) is 11.6 Å². The third kappa shape index (κ3) is 4.79. The zero-order chi connectivity index (χ0) is 22.3. The number of carbonyl (C=O) groups excluding carboxylic acids is 1. The van der Waals surface area contributed by atoms with Crippen molar-refractivity contribution in [3.8, 4) is 11.7 Å². The average Bonchev–Trinajstić information content (AvgIpc) is 3.19. The first-order chi connectivity index (χ1) is 14.6. The Kier molecular flexibility index (Phi) is 5.60. The molecule has 0 spiro atoms. The Labute approximate surface area is 183 Å². The van der Waals surface area contributed by atoms with Crippen LogP contribution in [0.15, 0.2) is 35.5 Å². The molecule has 3 aromatic heterocycles. The first-order valence-corrected chi connectivity index (χ1v) is 10.2. The molecule has 8 nitrogen and oxygen atoms in total. The second kappa shape index (κ2) is 8.08. The molecule has 0 saturated heterocycles. The Balaban J connectivity index is 1.40. The van der Waals surface area contributed by atoms with Crippen molar-refractivity contribution in [2.24, 2.45) is 13.0 Å². The number of nitrogens with one attached hydrogen (secondary N) is 1. The summed E-state index contributed by atoms with van der Waals surface area (Å²) in [6.45, 7) is 1.83. The maximum Gasteiger partial charge on any atom is 0.395 e. The van der Waals surface area contributed by atoms with E-state index in [2.05, 4.69) is 19.9 Å². The minimum Gasteiger partial charge on any atom is -0.473 e. The molecule has 1 saturated carbocycles. The molecule has 13 heteroatoms. The van der Waals surface area contributed by atoms with Gasteiger partial charge in [-0.15, -0.1) is 5.10 Å². The molecule has 164 valence electrons. The van der Waals surface area contributed by atoms with Crippen molar-refractivity contribution in [2.45, 2.75) is 30.5 Å². The lowest BCUT2D eigenvalue weighted by Gasteiger charge is -2.07. The molecule has 1 N–H and O–H groups in total. The van der Waals surface area contributed by atoms with Crippen molar-refractivity contribution in [1.29, 1.82) is 0 Å². The summed E-state index contributed by atoms with van der Waals surface area (Å²) in [5, 5.41) is 8.22. The van der Waals surface area contributed by atoms with Gasteiger partial charge in [0.15, 0.2) is 5.82 Å². The van der Waals surface area contributed by atoms with Crippen LogP contribution in [0.3, 0.4) is 0 Å². The summed E-state index contributed by atoms with van der Waals surface area (Å²) in [4.78, 5) is 17.4. The number of nitrogens with zero attached hydrogens (tertiary/aromatic N) is 5. The van der Waals surface area contributed by atoms with E-state index in [-0.39, 0.29) is 28.8 Å². The predicted octanol–water partition coefficient (Wildman–Crippen LogP) is 3.73. The highest BCUT2D eigenvalue weighted by molar-refractivity contribution is 7.98. The molecule has 1 aliphatic carbocycles. The van der Waals surface area contributed by atoms with Crippen LogP contribution in [0.1, 0.15) is 22.5 Å². The molecule has 4 rings (SSSR count). The zero-order valence-electron chi connectivity index (χ0n) is 16.2. The van der Waals surface area contributed by atoms with Gasteiger partial charge in [-0.3, -0.25) is 14.2 Å². The maximum absolute atomic E-state index is 12.6. The van der Waals surface area contributed by atoms with Gasteiger partial charge < -0.3 is 4.74 Å². The van der Waals surface area contributed by atoms with Crippen molar-refractivity contribution in [1.82, 2.24) is 29.3 Å². The number of hydrogen-bond acceptors (Lipinski definition) is 6. The quantitative estimate of drug-likeness (QED) is 0.434. The minimum atomic E-state index is -4.27. The van der Waals surface area contributed by atoms with Gasteiger partial charge >= 0.3 is 6.18 Å². The van der Waals surface area contributed by atoms with E-state index in [9.17, 15) is 18.0 Å². The number of carbonyl (C=O) groups is 1. The number of aryl methyl sites for hydroxylation is 2. The van der Waals surface area contributed by atoms with Gasteiger partial charge in [-0.05, 0) is 37.4 Å². The van der Waals surface area contributed by atoms with Gasteiger partial charge in [-0.25, -0.2) is 9.67 Å². The average molecular weight is 473 g/mol. The van der Waals surface area contributed by atoms with Crippen molar-refractivity contribution in [3.63, 3.8) is 0 Å². The second-order valence-corrected chi connectivity index (χ2v) is 8.14. The highest BCUT2D eigenvalue weighted by Crippen LogP contribution is 2.46. The number of halogens is 4. The maximum atomic E-state index is 12.6. The number of amides is 1. The normalized spacial score (nSPS) is 18.1. The summed E-state index contributed by atoms with van der Waals surface area (Å²) < 4.78 is 48.7. The van der Waals surface area contributed by atoms with E-state index >= 15 is 0 Å². The summed E-state index contributed by atoms with van der Waals surface area (Å²) >= 11 is 7.28. The molecule has 3 aromatic rings. The second-order valence-electron chi connectivity index (χ2n) is 6.93. The van der Waals surface area contributed by atoms with Crippen LogP contribution in [0.5, 0.6) is 5.88 Å². The standard InChI is InChI=1S/C18H16ClF3N6O2S/c1-9-13(8-27(2)24-9)31-26-17(29)10-3-4-14(23-16(10)19)28-6-5-15(25-28)30-12-7-11(12)18(20,21)22/h3-6,8,11-12H,7H2,1-2H3,(H,26,29)/t11-,12-/m1/s1. The molecule has 0 unspecified atom stereocenters. The topological polar surface area (TPSA) is 86.9 Å². The third-order valence-electron chi connectivity index (χ3n) is 4.52. The Morgan fingerprint density at radius 1 is 1.32 bits per heavy atom. The van der Waals surface area contributed by atoms with Gasteiger partial charge in [0.25, 0.3) is 5.91 Å². The van der Waals surface area contributed by atoms with Crippen molar-refractivity contribution in [2.75, 3.05) is 0 Å². The number of ether oxygens (including phenoxy) is 1. The largest absolute Gasteiger partial charge is 0.473 e. The molecular formula is C18H16ClF3N6O2S.